The van der Waals surface area contributed by atoms with Crippen LogP contribution in [0.2, 0.25) is 0 Å². The van der Waals surface area contributed by atoms with Gasteiger partial charge in [-0.1, -0.05) is 13.8 Å². The Hall–Kier alpha value is -0.840. The number of nitrogens with one attached hydrogen (secondary N) is 1. The number of aliphatic hydroxyl groups is 2. The van der Waals surface area contributed by atoms with Gasteiger partial charge in [-0.25, -0.2) is 0 Å². The molecule has 0 aliphatic carbocycles. The van der Waals surface area contributed by atoms with Gasteiger partial charge in [0.05, 0.1) is 6.54 Å². The zero-order valence-electron chi connectivity index (χ0n) is 9.94. The molecule has 1 aromatic heterocycles. The van der Waals surface area contributed by atoms with Crippen molar-refractivity contribution in [2.24, 2.45) is 5.92 Å². The molecule has 0 amide bonds. The average Bonchev–Trinajstić information content (AvgIpc) is 2.71. The SMILES string of the molecule is CC(C)C(CCO)NCc1ccc(CO)o1. The van der Waals surface area contributed by atoms with E-state index in [4.69, 9.17) is 14.6 Å². The summed E-state index contributed by atoms with van der Waals surface area (Å²) in [5, 5.41) is 21.1. The minimum absolute atomic E-state index is 0.0652. The van der Waals surface area contributed by atoms with Crippen molar-refractivity contribution in [1.29, 1.82) is 0 Å². The van der Waals surface area contributed by atoms with E-state index in [1.807, 2.05) is 6.07 Å². The Morgan fingerprint density at radius 1 is 1.25 bits per heavy atom. The standard InChI is InChI=1S/C12H21NO3/c1-9(2)12(5-6-14)13-7-10-3-4-11(8-15)16-10/h3-4,9,12-15H,5-8H2,1-2H3. The molecular formula is C12H21NO3. The van der Waals surface area contributed by atoms with Gasteiger partial charge in [0, 0.05) is 12.6 Å². The predicted octanol–water partition coefficient (Wildman–Crippen LogP) is 1.27. The number of furan rings is 1. The van der Waals surface area contributed by atoms with E-state index in [1.54, 1.807) is 6.07 Å². The lowest BCUT2D eigenvalue weighted by atomic mass is 10.0. The van der Waals surface area contributed by atoms with Crippen LogP contribution in [0.5, 0.6) is 0 Å². The van der Waals surface area contributed by atoms with E-state index in [0.717, 1.165) is 12.2 Å². The molecule has 0 spiro atoms. The van der Waals surface area contributed by atoms with Crippen LogP contribution in [-0.2, 0) is 13.2 Å². The first kappa shape index (κ1) is 13.2. The van der Waals surface area contributed by atoms with Crippen LogP contribution in [-0.4, -0.2) is 22.9 Å². The van der Waals surface area contributed by atoms with E-state index in [1.165, 1.54) is 0 Å². The van der Waals surface area contributed by atoms with E-state index in [9.17, 15) is 0 Å². The Balaban J connectivity index is 2.42. The molecule has 92 valence electrons. The van der Waals surface area contributed by atoms with Crippen LogP contribution in [0.3, 0.4) is 0 Å². The molecule has 0 fully saturated rings. The Morgan fingerprint density at radius 3 is 2.44 bits per heavy atom. The molecule has 4 nitrogen and oxygen atoms in total. The van der Waals surface area contributed by atoms with Gasteiger partial charge < -0.3 is 19.9 Å². The number of hydrogen-bond acceptors (Lipinski definition) is 4. The second kappa shape index (κ2) is 6.68. The van der Waals surface area contributed by atoms with Crippen LogP contribution in [0.1, 0.15) is 31.8 Å². The van der Waals surface area contributed by atoms with Crippen molar-refractivity contribution in [3.63, 3.8) is 0 Å². The van der Waals surface area contributed by atoms with E-state index < -0.39 is 0 Å². The van der Waals surface area contributed by atoms with E-state index in [2.05, 4.69) is 19.2 Å². The van der Waals surface area contributed by atoms with Gasteiger partial charge in [0.1, 0.15) is 18.1 Å². The zero-order chi connectivity index (χ0) is 12.0. The van der Waals surface area contributed by atoms with Gasteiger partial charge in [0.15, 0.2) is 0 Å². The summed E-state index contributed by atoms with van der Waals surface area (Å²) in [6.07, 6.45) is 0.741. The lowest BCUT2D eigenvalue weighted by Gasteiger charge is -2.20. The fourth-order valence-electron chi connectivity index (χ4n) is 1.64. The van der Waals surface area contributed by atoms with Gasteiger partial charge in [0.2, 0.25) is 0 Å². The summed E-state index contributed by atoms with van der Waals surface area (Å²) < 4.78 is 5.37. The van der Waals surface area contributed by atoms with E-state index in [0.29, 0.717) is 18.2 Å². The fraction of sp³-hybridized carbons (Fsp3) is 0.667. The third kappa shape index (κ3) is 3.96. The van der Waals surface area contributed by atoms with Gasteiger partial charge >= 0.3 is 0 Å². The van der Waals surface area contributed by atoms with Crippen molar-refractivity contribution < 1.29 is 14.6 Å². The summed E-state index contributed by atoms with van der Waals surface area (Å²) >= 11 is 0. The Labute approximate surface area is 96.3 Å². The highest BCUT2D eigenvalue weighted by Gasteiger charge is 2.12. The molecule has 0 saturated carbocycles. The van der Waals surface area contributed by atoms with Gasteiger partial charge in [-0.2, -0.15) is 0 Å². The summed E-state index contributed by atoms with van der Waals surface area (Å²) in [6.45, 7) is 4.99. The lowest BCUT2D eigenvalue weighted by molar-refractivity contribution is 0.232. The number of rotatable bonds is 7. The molecule has 16 heavy (non-hydrogen) atoms. The third-order valence-corrected chi connectivity index (χ3v) is 2.66. The van der Waals surface area contributed by atoms with Crippen molar-refractivity contribution in [2.45, 2.75) is 39.5 Å². The molecule has 0 aromatic carbocycles. The lowest BCUT2D eigenvalue weighted by Crippen LogP contribution is -2.34. The highest BCUT2D eigenvalue weighted by atomic mass is 16.4. The summed E-state index contributed by atoms with van der Waals surface area (Å²) in [4.78, 5) is 0. The molecule has 0 bridgehead atoms. The average molecular weight is 227 g/mol. The van der Waals surface area contributed by atoms with E-state index in [-0.39, 0.29) is 19.3 Å². The minimum Gasteiger partial charge on any atom is -0.462 e. The molecule has 0 aliphatic rings. The van der Waals surface area contributed by atoms with E-state index >= 15 is 0 Å². The largest absolute Gasteiger partial charge is 0.462 e. The molecule has 0 saturated heterocycles. The Kier molecular flexibility index (Phi) is 5.52. The first-order chi connectivity index (χ1) is 7.67. The van der Waals surface area contributed by atoms with Crippen molar-refractivity contribution in [1.82, 2.24) is 5.32 Å². The second-order valence-corrected chi connectivity index (χ2v) is 4.27. The van der Waals surface area contributed by atoms with Gasteiger partial charge in [0.25, 0.3) is 0 Å². The van der Waals surface area contributed by atoms with Crippen molar-refractivity contribution in [3.05, 3.63) is 23.7 Å². The molecule has 1 unspecified atom stereocenters. The number of hydrogen-bond donors (Lipinski definition) is 3. The van der Waals surface area contributed by atoms with Crippen LogP contribution in [0.25, 0.3) is 0 Å². The van der Waals surface area contributed by atoms with Crippen LogP contribution < -0.4 is 5.32 Å². The van der Waals surface area contributed by atoms with Gasteiger partial charge in [-0.05, 0) is 24.5 Å². The first-order valence-electron chi connectivity index (χ1n) is 5.70. The molecule has 4 heteroatoms. The summed E-state index contributed by atoms with van der Waals surface area (Å²) in [5.74, 6) is 1.87. The summed E-state index contributed by atoms with van der Waals surface area (Å²) in [6, 6.07) is 3.91. The second-order valence-electron chi connectivity index (χ2n) is 4.27. The van der Waals surface area contributed by atoms with Crippen molar-refractivity contribution >= 4 is 0 Å². The third-order valence-electron chi connectivity index (χ3n) is 2.66. The minimum atomic E-state index is -0.0652. The molecule has 1 heterocycles. The summed E-state index contributed by atoms with van der Waals surface area (Å²) in [5.41, 5.74) is 0. The predicted molar refractivity (Wildman–Crippen MR) is 61.8 cm³/mol. The summed E-state index contributed by atoms with van der Waals surface area (Å²) in [7, 11) is 0. The quantitative estimate of drug-likeness (QED) is 0.656. The maximum Gasteiger partial charge on any atom is 0.129 e. The smallest absolute Gasteiger partial charge is 0.129 e. The van der Waals surface area contributed by atoms with Crippen LogP contribution in [0.15, 0.2) is 16.5 Å². The van der Waals surface area contributed by atoms with Crippen molar-refractivity contribution in [2.75, 3.05) is 6.61 Å². The van der Waals surface area contributed by atoms with Crippen molar-refractivity contribution in [3.8, 4) is 0 Å². The highest BCUT2D eigenvalue weighted by molar-refractivity contribution is 5.06. The topological polar surface area (TPSA) is 65.6 Å². The van der Waals surface area contributed by atoms with Gasteiger partial charge in [-0.15, -0.1) is 0 Å². The molecule has 1 atom stereocenters. The van der Waals surface area contributed by atoms with Gasteiger partial charge in [-0.3, -0.25) is 0 Å². The maximum atomic E-state index is 8.93. The Bertz CT molecular complexity index is 296. The monoisotopic (exact) mass is 227 g/mol. The molecule has 0 radical (unpaired) electrons. The number of aliphatic hydroxyl groups excluding tert-OH is 2. The van der Waals surface area contributed by atoms with Crippen LogP contribution in [0.4, 0.5) is 0 Å². The first-order valence-corrected chi connectivity index (χ1v) is 5.70. The Morgan fingerprint density at radius 2 is 1.94 bits per heavy atom. The maximum absolute atomic E-state index is 8.93. The van der Waals surface area contributed by atoms with Crippen LogP contribution >= 0.6 is 0 Å². The molecule has 1 rings (SSSR count). The van der Waals surface area contributed by atoms with Crippen LogP contribution in [0, 0.1) is 5.92 Å². The molecule has 0 aliphatic heterocycles. The normalized spacial score (nSPS) is 13.3. The highest BCUT2D eigenvalue weighted by Crippen LogP contribution is 2.10. The fourth-order valence-corrected chi connectivity index (χ4v) is 1.64. The molecule has 1 aromatic rings. The molecule has 3 N–H and O–H groups in total. The zero-order valence-corrected chi connectivity index (χ0v) is 9.94. The molecular weight excluding hydrogens is 206 g/mol.